The Bertz CT molecular complexity index is 1880. The molecule has 3 aliphatic rings. The molecule has 3 aromatic rings. The van der Waals surface area contributed by atoms with Gasteiger partial charge in [-0.2, -0.15) is 0 Å². The van der Waals surface area contributed by atoms with Crippen LogP contribution in [0.3, 0.4) is 0 Å². The number of benzene rings is 1. The lowest BCUT2D eigenvalue weighted by molar-refractivity contribution is -0.141. The van der Waals surface area contributed by atoms with Crippen molar-refractivity contribution in [1.82, 2.24) is 24.9 Å². The number of nitrogens with zero attached hydrogens (tertiary/aromatic N) is 3. The maximum Gasteiger partial charge on any atom is 0.260 e. The van der Waals surface area contributed by atoms with E-state index in [4.69, 9.17) is 9.47 Å². The van der Waals surface area contributed by atoms with E-state index in [0.29, 0.717) is 29.6 Å². The molecule has 0 spiro atoms. The summed E-state index contributed by atoms with van der Waals surface area (Å²) in [7, 11) is -2.23. The maximum atomic E-state index is 14.5. The number of likely N-dealkylation sites (tertiary alicyclic amines) is 1. The molecule has 0 bridgehead atoms. The van der Waals surface area contributed by atoms with E-state index in [1.807, 2.05) is 79.9 Å². The quantitative estimate of drug-likeness (QED) is 0.181. The van der Waals surface area contributed by atoms with Gasteiger partial charge in [0.05, 0.1) is 24.6 Å². The Balaban J connectivity index is 1.28. The van der Waals surface area contributed by atoms with Gasteiger partial charge in [0.25, 0.3) is 5.91 Å². The average molecular weight is 825 g/mol. The number of rotatable bonds is 12. The first kappa shape index (κ1) is 35.6. The van der Waals surface area contributed by atoms with Gasteiger partial charge < -0.3 is 25.0 Å². The molecule has 3 amide bonds. The largest absolute Gasteiger partial charge is 0.497 e. The number of fused-ring (bicyclic) bond motifs is 1. The van der Waals surface area contributed by atoms with Crippen molar-refractivity contribution in [3.05, 3.63) is 41.5 Å². The van der Waals surface area contributed by atoms with E-state index >= 15 is 0 Å². The number of amides is 3. The number of aromatic nitrogens is 2. The highest BCUT2D eigenvalue weighted by molar-refractivity contribution is 14.1. The normalized spacial score (nSPS) is 24.3. The molecule has 0 radical (unpaired) electrons. The van der Waals surface area contributed by atoms with Crippen LogP contribution in [0.2, 0.25) is 0 Å². The fraction of sp³-hybridized carbons (Fsp3) is 0.545. The molecule has 1 aliphatic heterocycles. The molecule has 2 aromatic heterocycles. The van der Waals surface area contributed by atoms with Crippen LogP contribution in [0.25, 0.3) is 10.8 Å². The second-order valence-electron chi connectivity index (χ2n) is 13.9. The maximum absolute atomic E-state index is 14.5. The summed E-state index contributed by atoms with van der Waals surface area (Å²) in [4.78, 5) is 52.6. The monoisotopic (exact) mass is 824 g/mol. The SMILES string of the molecule is CCc1csc(N[C@H](C(=O)N2C[C@H](Oc3nccc4cc(OC)ccc34)C[C@H]2C(=O)N[C@]2(C(=O)NS(=O)(=O)C3CC3)C[C@H]2I)C(C)(C)C)n1. The van der Waals surface area contributed by atoms with Gasteiger partial charge in [0.15, 0.2) is 5.13 Å². The zero-order valence-corrected chi connectivity index (χ0v) is 31.8. The number of sulfonamides is 1. The molecule has 3 heterocycles. The van der Waals surface area contributed by atoms with Gasteiger partial charge in [-0.1, -0.05) is 50.3 Å². The number of anilines is 1. The molecular formula is C33H41IN6O7S2. The van der Waals surface area contributed by atoms with Crippen molar-refractivity contribution >= 4 is 77.6 Å². The van der Waals surface area contributed by atoms with Crippen LogP contribution in [0.5, 0.6) is 11.6 Å². The number of hydrogen-bond donors (Lipinski definition) is 3. The number of carbonyl (C=O) groups is 3. The standard InChI is InChI=1S/C33H41IN6O7S2/c1-6-19-17-48-31(36-19)37-26(32(2,3)4)29(42)40-16-21(47-28-23-10-7-20(46-5)13-18(23)11-12-35-28)14-24(40)27(41)38-33(15-25(33)34)30(43)39-49(44,45)22-8-9-22/h7,10-13,17,21-22,24-26H,6,8-9,14-16H2,1-5H3,(H,36,37)(H,38,41)(H,39,43)/t21-,24+,25-,26-,33-/m1/s1. The number of alkyl halides is 1. The zero-order valence-electron chi connectivity index (χ0n) is 28.0. The van der Waals surface area contributed by atoms with Crippen molar-refractivity contribution in [3.8, 4) is 11.6 Å². The van der Waals surface area contributed by atoms with Crippen molar-refractivity contribution in [2.24, 2.45) is 5.41 Å². The number of nitrogens with one attached hydrogen (secondary N) is 3. The number of halogens is 1. The lowest BCUT2D eigenvalue weighted by Gasteiger charge is -2.35. The second kappa shape index (κ2) is 13.5. The van der Waals surface area contributed by atoms with E-state index in [0.717, 1.165) is 22.9 Å². The summed E-state index contributed by atoms with van der Waals surface area (Å²) in [5, 5.41) is 9.74. The number of pyridine rings is 1. The van der Waals surface area contributed by atoms with E-state index in [1.165, 1.54) is 16.2 Å². The lowest BCUT2D eigenvalue weighted by Crippen LogP contribution is -2.58. The van der Waals surface area contributed by atoms with Crippen LogP contribution in [0.15, 0.2) is 35.8 Å². The summed E-state index contributed by atoms with van der Waals surface area (Å²) in [6, 6.07) is 5.62. The first-order chi connectivity index (χ1) is 23.1. The molecule has 264 valence electrons. The van der Waals surface area contributed by atoms with Crippen LogP contribution < -0.4 is 24.8 Å². The summed E-state index contributed by atoms with van der Waals surface area (Å²) in [5.41, 5.74) is -1.07. The molecular weight excluding hydrogens is 783 g/mol. The Morgan fingerprint density at radius 3 is 2.55 bits per heavy atom. The fourth-order valence-electron chi connectivity index (χ4n) is 5.99. The molecule has 49 heavy (non-hydrogen) atoms. The number of thiazole rings is 1. The highest BCUT2D eigenvalue weighted by Gasteiger charge is 2.62. The smallest absolute Gasteiger partial charge is 0.260 e. The van der Waals surface area contributed by atoms with Crippen LogP contribution in [-0.4, -0.2) is 87.6 Å². The Morgan fingerprint density at radius 2 is 1.94 bits per heavy atom. The summed E-state index contributed by atoms with van der Waals surface area (Å²) in [6.45, 7) is 7.91. The Kier molecular flexibility index (Phi) is 9.78. The van der Waals surface area contributed by atoms with Gasteiger partial charge >= 0.3 is 0 Å². The van der Waals surface area contributed by atoms with Crippen LogP contribution in [0, 0.1) is 5.41 Å². The Morgan fingerprint density at radius 1 is 1.20 bits per heavy atom. The van der Waals surface area contributed by atoms with Gasteiger partial charge in [-0.05, 0) is 60.7 Å². The van der Waals surface area contributed by atoms with Crippen LogP contribution >= 0.6 is 33.9 Å². The number of ether oxygens (including phenoxy) is 2. The second-order valence-corrected chi connectivity index (χ2v) is 18.3. The van der Waals surface area contributed by atoms with Gasteiger partial charge in [-0.3, -0.25) is 19.1 Å². The third-order valence-corrected chi connectivity index (χ3v) is 13.3. The van der Waals surface area contributed by atoms with Crippen molar-refractivity contribution in [2.75, 3.05) is 19.0 Å². The zero-order chi connectivity index (χ0) is 35.3. The highest BCUT2D eigenvalue weighted by atomic mass is 127. The third kappa shape index (κ3) is 7.45. The number of carbonyl (C=O) groups excluding carboxylic acids is 3. The first-order valence-corrected chi connectivity index (χ1v) is 20.0. The van der Waals surface area contributed by atoms with Crippen molar-refractivity contribution in [1.29, 1.82) is 0 Å². The van der Waals surface area contributed by atoms with Gasteiger partial charge in [-0.25, -0.2) is 18.4 Å². The minimum atomic E-state index is -3.82. The molecule has 13 nitrogen and oxygen atoms in total. The summed E-state index contributed by atoms with van der Waals surface area (Å²) in [5.74, 6) is -0.587. The van der Waals surface area contributed by atoms with E-state index in [9.17, 15) is 22.8 Å². The lowest BCUT2D eigenvalue weighted by atomic mass is 9.85. The van der Waals surface area contributed by atoms with E-state index in [2.05, 4.69) is 25.3 Å². The topological polar surface area (TPSA) is 169 Å². The van der Waals surface area contributed by atoms with E-state index in [-0.39, 0.29) is 29.2 Å². The summed E-state index contributed by atoms with van der Waals surface area (Å²) < 4.78 is 38.9. The Labute approximate surface area is 303 Å². The highest BCUT2D eigenvalue weighted by Crippen LogP contribution is 2.44. The molecule has 5 atom stereocenters. The molecule has 1 saturated heterocycles. The number of aryl methyl sites for hydroxylation is 1. The molecule has 3 N–H and O–H groups in total. The minimum Gasteiger partial charge on any atom is -0.497 e. The molecule has 2 aliphatic carbocycles. The molecule has 1 aromatic carbocycles. The van der Waals surface area contributed by atoms with Crippen LogP contribution in [0.1, 0.15) is 59.1 Å². The summed E-state index contributed by atoms with van der Waals surface area (Å²) >= 11 is 3.46. The number of hydrogen-bond acceptors (Lipinski definition) is 11. The molecule has 3 fully saturated rings. The van der Waals surface area contributed by atoms with E-state index in [1.54, 1.807) is 13.3 Å². The molecule has 6 rings (SSSR count). The van der Waals surface area contributed by atoms with Crippen LogP contribution in [0.4, 0.5) is 5.13 Å². The molecule has 2 saturated carbocycles. The van der Waals surface area contributed by atoms with Gasteiger partial charge in [0.2, 0.25) is 27.7 Å². The number of methoxy groups -OCH3 is 1. The average Bonchev–Trinajstić information content (AvgIpc) is 3.92. The van der Waals surface area contributed by atoms with Crippen molar-refractivity contribution < 1.29 is 32.3 Å². The first-order valence-electron chi connectivity index (χ1n) is 16.3. The Hall–Kier alpha value is -3.25. The van der Waals surface area contributed by atoms with E-state index < -0.39 is 56.2 Å². The predicted molar refractivity (Wildman–Crippen MR) is 195 cm³/mol. The van der Waals surface area contributed by atoms with Gasteiger partial charge in [0, 0.05) is 27.3 Å². The predicted octanol–water partition coefficient (Wildman–Crippen LogP) is 3.81. The molecule has 16 heteroatoms. The van der Waals surface area contributed by atoms with Gasteiger partial charge in [0.1, 0.15) is 29.5 Å². The molecule has 0 unspecified atom stereocenters. The minimum absolute atomic E-state index is 0.0837. The van der Waals surface area contributed by atoms with Crippen molar-refractivity contribution in [2.45, 2.75) is 92.7 Å². The summed E-state index contributed by atoms with van der Waals surface area (Å²) in [6.07, 6.45) is 3.17. The third-order valence-electron chi connectivity index (χ3n) is 9.18. The van der Waals surface area contributed by atoms with Crippen LogP contribution in [-0.2, 0) is 30.8 Å². The fourth-order valence-corrected chi connectivity index (χ4v) is 9.31. The van der Waals surface area contributed by atoms with Crippen molar-refractivity contribution in [3.63, 3.8) is 0 Å². The van der Waals surface area contributed by atoms with Gasteiger partial charge in [-0.15, -0.1) is 11.3 Å².